The van der Waals surface area contributed by atoms with E-state index in [1.807, 2.05) is 60.7 Å². The predicted octanol–water partition coefficient (Wildman–Crippen LogP) is 5.41. The van der Waals surface area contributed by atoms with Gasteiger partial charge in [-0.05, 0) is 71.9 Å². The molecule has 0 bridgehead atoms. The second kappa shape index (κ2) is 18.6. The van der Waals surface area contributed by atoms with Crippen molar-refractivity contribution in [2.24, 2.45) is 0 Å². The number of ether oxygens (including phenoxy) is 4. The van der Waals surface area contributed by atoms with Gasteiger partial charge in [-0.2, -0.15) is 0 Å². The summed E-state index contributed by atoms with van der Waals surface area (Å²) < 4.78 is 21.9. The van der Waals surface area contributed by atoms with Crippen LogP contribution in [-0.4, -0.2) is 60.5 Å². The molecule has 3 N–H and O–H groups in total. The number of unbranched alkanes of at least 4 members (excludes halogenated alkanes) is 1. The molecule has 0 unspecified atom stereocenters. The SMILES string of the molecule is CC(C)(C)OC(=O)N[C@@H](CCOCc1ccccc1)C(=O)N[C@@H](CCCCNC(=O)OCc1ccccc1)C(=O)OC(C)(C)C. The van der Waals surface area contributed by atoms with Crippen LogP contribution < -0.4 is 16.0 Å². The topological polar surface area (TPSA) is 141 Å². The van der Waals surface area contributed by atoms with Crippen molar-refractivity contribution >= 4 is 24.1 Å². The van der Waals surface area contributed by atoms with Gasteiger partial charge >= 0.3 is 18.2 Å². The number of amides is 3. The van der Waals surface area contributed by atoms with Crippen molar-refractivity contribution in [2.75, 3.05) is 13.2 Å². The zero-order valence-electron chi connectivity index (χ0n) is 27.4. The third-order valence-electron chi connectivity index (χ3n) is 6.08. The first-order valence-corrected chi connectivity index (χ1v) is 15.3. The number of rotatable bonds is 16. The van der Waals surface area contributed by atoms with Gasteiger partial charge in [-0.1, -0.05) is 60.7 Å². The number of benzene rings is 2. The van der Waals surface area contributed by atoms with Gasteiger partial charge in [0.2, 0.25) is 5.91 Å². The maximum Gasteiger partial charge on any atom is 0.408 e. The van der Waals surface area contributed by atoms with Crippen molar-refractivity contribution in [3.63, 3.8) is 0 Å². The summed E-state index contributed by atoms with van der Waals surface area (Å²) in [5, 5.41) is 8.06. The summed E-state index contributed by atoms with van der Waals surface area (Å²) in [5.41, 5.74) is 0.313. The molecular formula is C34H49N3O8. The van der Waals surface area contributed by atoms with E-state index >= 15 is 0 Å². The smallest absolute Gasteiger partial charge is 0.408 e. The molecule has 2 aromatic carbocycles. The monoisotopic (exact) mass is 627 g/mol. The van der Waals surface area contributed by atoms with Gasteiger partial charge in [0, 0.05) is 19.6 Å². The highest BCUT2D eigenvalue weighted by atomic mass is 16.6. The molecule has 2 rings (SSSR count). The Morgan fingerprint density at radius 3 is 1.82 bits per heavy atom. The van der Waals surface area contributed by atoms with Crippen LogP contribution >= 0.6 is 0 Å². The second-order valence-electron chi connectivity index (χ2n) is 12.6. The number of carbonyl (C=O) groups excluding carboxylic acids is 4. The molecule has 2 aromatic rings. The summed E-state index contributed by atoms with van der Waals surface area (Å²) in [5.74, 6) is -1.16. The molecule has 0 saturated carbocycles. The van der Waals surface area contributed by atoms with E-state index in [-0.39, 0.29) is 26.1 Å². The Kier molecular flexibility index (Phi) is 15.3. The van der Waals surface area contributed by atoms with E-state index in [4.69, 9.17) is 18.9 Å². The van der Waals surface area contributed by atoms with Gasteiger partial charge in [-0.15, -0.1) is 0 Å². The quantitative estimate of drug-likeness (QED) is 0.127. The van der Waals surface area contributed by atoms with Gasteiger partial charge in [-0.25, -0.2) is 14.4 Å². The number of hydrogen-bond donors (Lipinski definition) is 3. The van der Waals surface area contributed by atoms with Crippen LogP contribution in [-0.2, 0) is 41.8 Å². The van der Waals surface area contributed by atoms with Gasteiger partial charge in [0.25, 0.3) is 0 Å². The van der Waals surface area contributed by atoms with Crippen LogP contribution in [0, 0.1) is 0 Å². The van der Waals surface area contributed by atoms with Crippen molar-refractivity contribution in [2.45, 2.75) is 104 Å². The van der Waals surface area contributed by atoms with Gasteiger partial charge < -0.3 is 34.9 Å². The lowest BCUT2D eigenvalue weighted by atomic mass is 10.1. The molecule has 0 aliphatic rings. The number of carbonyl (C=O) groups is 4. The first kappa shape index (κ1) is 37.1. The molecule has 11 heteroatoms. The average molecular weight is 628 g/mol. The Bertz CT molecular complexity index is 1190. The van der Waals surface area contributed by atoms with Gasteiger partial charge in [0.1, 0.15) is 29.9 Å². The van der Waals surface area contributed by atoms with Crippen LogP contribution in [0.4, 0.5) is 9.59 Å². The van der Waals surface area contributed by atoms with Crippen LogP contribution in [0.3, 0.4) is 0 Å². The molecule has 11 nitrogen and oxygen atoms in total. The van der Waals surface area contributed by atoms with Gasteiger partial charge in [0.05, 0.1) is 6.61 Å². The highest BCUT2D eigenvalue weighted by Crippen LogP contribution is 2.13. The van der Waals surface area contributed by atoms with E-state index in [2.05, 4.69) is 16.0 Å². The fourth-order valence-electron chi connectivity index (χ4n) is 4.02. The molecule has 0 saturated heterocycles. The highest BCUT2D eigenvalue weighted by Gasteiger charge is 2.30. The Morgan fingerprint density at radius 1 is 0.667 bits per heavy atom. The third kappa shape index (κ3) is 17.1. The molecule has 0 fully saturated rings. The second-order valence-corrected chi connectivity index (χ2v) is 12.6. The molecule has 248 valence electrons. The molecule has 0 spiro atoms. The molecule has 0 aliphatic heterocycles. The number of alkyl carbamates (subject to hydrolysis) is 2. The summed E-state index contributed by atoms with van der Waals surface area (Å²) in [6.07, 6.45) is 0.126. The molecule has 0 aliphatic carbocycles. The van der Waals surface area contributed by atoms with E-state index in [1.165, 1.54) is 0 Å². The first-order chi connectivity index (χ1) is 21.2. The van der Waals surface area contributed by atoms with Crippen LogP contribution in [0.15, 0.2) is 60.7 Å². The molecule has 2 atom stereocenters. The highest BCUT2D eigenvalue weighted by molar-refractivity contribution is 5.89. The van der Waals surface area contributed by atoms with Crippen LogP contribution in [0.5, 0.6) is 0 Å². The van der Waals surface area contributed by atoms with E-state index in [0.29, 0.717) is 26.0 Å². The summed E-state index contributed by atoms with van der Waals surface area (Å²) in [6, 6.07) is 16.9. The number of nitrogens with one attached hydrogen (secondary N) is 3. The summed E-state index contributed by atoms with van der Waals surface area (Å²) in [7, 11) is 0. The minimum atomic E-state index is -1.03. The molecule has 45 heavy (non-hydrogen) atoms. The molecular weight excluding hydrogens is 578 g/mol. The number of esters is 1. The van der Waals surface area contributed by atoms with E-state index in [9.17, 15) is 19.2 Å². The first-order valence-electron chi connectivity index (χ1n) is 15.3. The lowest BCUT2D eigenvalue weighted by molar-refractivity contribution is -0.159. The van der Waals surface area contributed by atoms with Crippen LogP contribution in [0.2, 0.25) is 0 Å². The molecule has 0 heterocycles. The van der Waals surface area contributed by atoms with Crippen molar-refractivity contribution in [3.05, 3.63) is 71.8 Å². The minimum Gasteiger partial charge on any atom is -0.458 e. The van der Waals surface area contributed by atoms with Crippen molar-refractivity contribution < 1.29 is 38.1 Å². The van der Waals surface area contributed by atoms with Gasteiger partial charge in [0.15, 0.2) is 0 Å². The van der Waals surface area contributed by atoms with Crippen LogP contribution in [0.25, 0.3) is 0 Å². The Labute approximate surface area is 266 Å². The zero-order valence-corrected chi connectivity index (χ0v) is 27.4. The average Bonchev–Trinajstić information content (AvgIpc) is 2.96. The summed E-state index contributed by atoms with van der Waals surface area (Å²) in [4.78, 5) is 51.1. The fourth-order valence-corrected chi connectivity index (χ4v) is 4.02. The molecule has 3 amide bonds. The molecule has 0 aromatic heterocycles. The van der Waals surface area contributed by atoms with E-state index in [1.54, 1.807) is 41.5 Å². The Hall–Kier alpha value is -4.12. The molecule has 0 radical (unpaired) electrons. The Balaban J connectivity index is 1.96. The Morgan fingerprint density at radius 2 is 1.24 bits per heavy atom. The largest absolute Gasteiger partial charge is 0.458 e. The lowest BCUT2D eigenvalue weighted by Gasteiger charge is -2.27. The maximum atomic E-state index is 13.4. The summed E-state index contributed by atoms with van der Waals surface area (Å²) in [6.45, 7) is 11.4. The van der Waals surface area contributed by atoms with Crippen molar-refractivity contribution in [3.8, 4) is 0 Å². The maximum absolute atomic E-state index is 13.4. The third-order valence-corrected chi connectivity index (χ3v) is 6.08. The predicted molar refractivity (Wildman–Crippen MR) is 170 cm³/mol. The van der Waals surface area contributed by atoms with E-state index in [0.717, 1.165) is 11.1 Å². The summed E-state index contributed by atoms with van der Waals surface area (Å²) >= 11 is 0. The lowest BCUT2D eigenvalue weighted by Crippen LogP contribution is -2.53. The van der Waals surface area contributed by atoms with E-state index < -0.39 is 47.3 Å². The van der Waals surface area contributed by atoms with Crippen LogP contribution in [0.1, 0.15) is 78.4 Å². The minimum absolute atomic E-state index is 0.147. The fraction of sp³-hybridized carbons (Fsp3) is 0.529. The zero-order chi connectivity index (χ0) is 33.3. The normalized spacial score (nSPS) is 12.8. The number of hydrogen-bond acceptors (Lipinski definition) is 8. The van der Waals surface area contributed by atoms with Crippen molar-refractivity contribution in [1.29, 1.82) is 0 Å². The van der Waals surface area contributed by atoms with Gasteiger partial charge in [-0.3, -0.25) is 4.79 Å². The standard InChI is InChI=1S/C34H49N3O8/c1-33(2,3)44-30(39)28(19-13-14-21-35-31(40)43-24-26-17-11-8-12-18-26)36-29(38)27(37-32(41)45-34(4,5)6)20-22-42-23-25-15-9-7-10-16-25/h7-12,15-18,27-28H,13-14,19-24H2,1-6H3,(H,35,40)(H,36,38)(H,37,41)/t27-,28-/m0/s1. The van der Waals surface area contributed by atoms with Crippen molar-refractivity contribution in [1.82, 2.24) is 16.0 Å².